The molecule has 1 heterocycles. The zero-order valence-corrected chi connectivity index (χ0v) is 11.0. The summed E-state index contributed by atoms with van der Waals surface area (Å²) in [7, 11) is 0. The molecule has 0 aromatic carbocycles. The van der Waals surface area contributed by atoms with Gasteiger partial charge >= 0.3 is 0 Å². The normalized spacial score (nSPS) is 16.2. The van der Waals surface area contributed by atoms with Crippen LogP contribution in [0.2, 0.25) is 0 Å². The number of nitrogens with two attached hydrogens (primary N) is 1. The van der Waals surface area contributed by atoms with Crippen molar-refractivity contribution >= 4 is 16.5 Å². The van der Waals surface area contributed by atoms with Gasteiger partial charge in [-0.1, -0.05) is 0 Å². The van der Waals surface area contributed by atoms with E-state index < -0.39 is 0 Å². The van der Waals surface area contributed by atoms with Gasteiger partial charge in [0.05, 0.1) is 5.69 Å². The average molecular weight is 239 g/mol. The van der Waals surface area contributed by atoms with Crippen LogP contribution in [0.25, 0.3) is 0 Å². The SMILES string of the molecule is CC(C)N(CCc1csc(N)n1)CC1CC1. The molecule has 0 amide bonds. The molecule has 1 fully saturated rings. The molecule has 1 aromatic rings. The highest BCUT2D eigenvalue weighted by Crippen LogP contribution is 2.30. The van der Waals surface area contributed by atoms with Crippen LogP contribution in [0.15, 0.2) is 5.38 Å². The Kier molecular flexibility index (Phi) is 3.82. The van der Waals surface area contributed by atoms with Gasteiger partial charge in [0.1, 0.15) is 0 Å². The van der Waals surface area contributed by atoms with E-state index in [9.17, 15) is 0 Å². The van der Waals surface area contributed by atoms with Crippen molar-refractivity contribution in [1.82, 2.24) is 9.88 Å². The molecule has 2 rings (SSSR count). The fraction of sp³-hybridized carbons (Fsp3) is 0.750. The Morgan fingerprint density at radius 1 is 1.56 bits per heavy atom. The summed E-state index contributed by atoms with van der Waals surface area (Å²) in [5.74, 6) is 0.961. The molecule has 0 atom stereocenters. The number of aromatic nitrogens is 1. The average Bonchev–Trinajstić information content (AvgIpc) is 2.95. The molecular formula is C12H21N3S. The number of thiazole rings is 1. The third-order valence-electron chi connectivity index (χ3n) is 3.14. The van der Waals surface area contributed by atoms with E-state index in [4.69, 9.17) is 5.73 Å². The van der Waals surface area contributed by atoms with Crippen LogP contribution in [-0.2, 0) is 6.42 Å². The summed E-state index contributed by atoms with van der Waals surface area (Å²) >= 11 is 1.54. The third-order valence-corrected chi connectivity index (χ3v) is 3.87. The third kappa shape index (κ3) is 3.46. The Labute approximate surface area is 102 Å². The van der Waals surface area contributed by atoms with Crippen molar-refractivity contribution in [3.05, 3.63) is 11.1 Å². The maximum atomic E-state index is 5.63. The molecule has 4 heteroatoms. The lowest BCUT2D eigenvalue weighted by atomic mass is 10.2. The number of nitrogen functional groups attached to an aromatic ring is 1. The first-order valence-corrected chi connectivity index (χ1v) is 6.97. The molecule has 1 saturated carbocycles. The molecule has 0 spiro atoms. The monoisotopic (exact) mass is 239 g/mol. The van der Waals surface area contributed by atoms with Crippen molar-refractivity contribution in [3.63, 3.8) is 0 Å². The zero-order valence-electron chi connectivity index (χ0n) is 10.1. The van der Waals surface area contributed by atoms with Crippen LogP contribution in [0.4, 0.5) is 5.13 Å². The van der Waals surface area contributed by atoms with Crippen LogP contribution < -0.4 is 5.73 Å². The van der Waals surface area contributed by atoms with Gasteiger partial charge < -0.3 is 10.6 Å². The van der Waals surface area contributed by atoms with Gasteiger partial charge in [-0.05, 0) is 32.6 Å². The second-order valence-corrected chi connectivity index (χ2v) is 5.85. The molecule has 0 radical (unpaired) electrons. The van der Waals surface area contributed by atoms with Crippen molar-refractivity contribution in [1.29, 1.82) is 0 Å². The van der Waals surface area contributed by atoms with Crippen LogP contribution in [0.5, 0.6) is 0 Å². The van der Waals surface area contributed by atoms with Gasteiger partial charge in [-0.25, -0.2) is 4.98 Å². The lowest BCUT2D eigenvalue weighted by molar-refractivity contribution is 0.215. The standard InChI is InChI=1S/C12H21N3S/c1-9(2)15(7-10-3-4-10)6-5-11-8-16-12(13)14-11/h8-10H,3-7H2,1-2H3,(H2,13,14). The summed E-state index contributed by atoms with van der Waals surface area (Å²) in [5.41, 5.74) is 6.77. The summed E-state index contributed by atoms with van der Waals surface area (Å²) in [5, 5.41) is 2.76. The zero-order chi connectivity index (χ0) is 11.5. The number of hydrogen-bond donors (Lipinski definition) is 1. The predicted octanol–water partition coefficient (Wildman–Crippen LogP) is 2.39. The molecular weight excluding hydrogens is 218 g/mol. The molecule has 16 heavy (non-hydrogen) atoms. The first kappa shape index (κ1) is 11.9. The largest absolute Gasteiger partial charge is 0.375 e. The van der Waals surface area contributed by atoms with Crippen molar-refractivity contribution < 1.29 is 0 Å². The second-order valence-electron chi connectivity index (χ2n) is 4.96. The Bertz CT molecular complexity index is 331. The van der Waals surface area contributed by atoms with Crippen molar-refractivity contribution in [2.45, 2.75) is 39.2 Å². The van der Waals surface area contributed by atoms with E-state index >= 15 is 0 Å². The van der Waals surface area contributed by atoms with Gasteiger partial charge in [0.25, 0.3) is 0 Å². The van der Waals surface area contributed by atoms with E-state index in [1.807, 2.05) is 0 Å². The number of nitrogens with zero attached hydrogens (tertiary/aromatic N) is 2. The minimum Gasteiger partial charge on any atom is -0.375 e. The van der Waals surface area contributed by atoms with Crippen LogP contribution in [0, 0.1) is 5.92 Å². The summed E-state index contributed by atoms with van der Waals surface area (Å²) < 4.78 is 0. The van der Waals surface area contributed by atoms with E-state index in [1.165, 1.54) is 30.7 Å². The molecule has 90 valence electrons. The van der Waals surface area contributed by atoms with Gasteiger partial charge in [0.2, 0.25) is 0 Å². The van der Waals surface area contributed by atoms with Crippen molar-refractivity contribution in [2.75, 3.05) is 18.8 Å². The molecule has 1 aliphatic rings. The predicted molar refractivity (Wildman–Crippen MR) is 69.7 cm³/mol. The quantitative estimate of drug-likeness (QED) is 0.829. The van der Waals surface area contributed by atoms with Crippen molar-refractivity contribution in [3.8, 4) is 0 Å². The fourth-order valence-electron chi connectivity index (χ4n) is 1.89. The Morgan fingerprint density at radius 3 is 2.81 bits per heavy atom. The molecule has 0 saturated heterocycles. The number of hydrogen-bond acceptors (Lipinski definition) is 4. The molecule has 2 N–H and O–H groups in total. The molecule has 0 unspecified atom stereocenters. The lowest BCUT2D eigenvalue weighted by Gasteiger charge is -2.26. The highest BCUT2D eigenvalue weighted by molar-refractivity contribution is 7.13. The van der Waals surface area contributed by atoms with E-state index in [1.54, 1.807) is 0 Å². The van der Waals surface area contributed by atoms with E-state index in [-0.39, 0.29) is 0 Å². The van der Waals surface area contributed by atoms with Crippen molar-refractivity contribution in [2.24, 2.45) is 5.92 Å². The van der Waals surface area contributed by atoms with Gasteiger partial charge in [0.15, 0.2) is 5.13 Å². The molecule has 1 aromatic heterocycles. The highest BCUT2D eigenvalue weighted by Gasteiger charge is 2.25. The second kappa shape index (κ2) is 5.15. The summed E-state index contributed by atoms with van der Waals surface area (Å²) in [6.45, 7) is 6.92. The van der Waals surface area contributed by atoms with Crippen LogP contribution in [0.1, 0.15) is 32.4 Å². The van der Waals surface area contributed by atoms with E-state index in [2.05, 4.69) is 29.1 Å². The molecule has 0 aliphatic heterocycles. The molecule has 1 aliphatic carbocycles. The Balaban J connectivity index is 1.80. The van der Waals surface area contributed by atoms with E-state index in [0.29, 0.717) is 11.2 Å². The van der Waals surface area contributed by atoms with Crippen LogP contribution in [0.3, 0.4) is 0 Å². The van der Waals surface area contributed by atoms with Gasteiger partial charge in [-0.3, -0.25) is 0 Å². The Morgan fingerprint density at radius 2 is 2.31 bits per heavy atom. The van der Waals surface area contributed by atoms with Gasteiger partial charge in [0, 0.05) is 30.9 Å². The first-order valence-electron chi connectivity index (χ1n) is 6.09. The van der Waals surface area contributed by atoms with Gasteiger partial charge in [-0.2, -0.15) is 0 Å². The maximum absolute atomic E-state index is 5.63. The highest BCUT2D eigenvalue weighted by atomic mass is 32.1. The van der Waals surface area contributed by atoms with E-state index in [0.717, 1.165) is 24.6 Å². The lowest BCUT2D eigenvalue weighted by Crippen LogP contribution is -2.34. The minimum atomic E-state index is 0.636. The van der Waals surface area contributed by atoms with Crippen LogP contribution >= 0.6 is 11.3 Å². The molecule has 3 nitrogen and oxygen atoms in total. The number of rotatable bonds is 6. The topological polar surface area (TPSA) is 42.1 Å². The smallest absolute Gasteiger partial charge is 0.180 e. The van der Waals surface area contributed by atoms with Gasteiger partial charge in [-0.15, -0.1) is 11.3 Å². The molecule has 0 bridgehead atoms. The minimum absolute atomic E-state index is 0.636. The van der Waals surface area contributed by atoms with Crippen LogP contribution in [-0.4, -0.2) is 29.0 Å². The fourth-order valence-corrected chi connectivity index (χ4v) is 2.49. The Hall–Kier alpha value is -0.610. The summed E-state index contributed by atoms with van der Waals surface area (Å²) in [6.07, 6.45) is 3.87. The first-order chi connectivity index (χ1) is 7.65. The number of anilines is 1. The summed E-state index contributed by atoms with van der Waals surface area (Å²) in [4.78, 5) is 6.87. The summed E-state index contributed by atoms with van der Waals surface area (Å²) in [6, 6.07) is 0.636. The maximum Gasteiger partial charge on any atom is 0.180 e.